The van der Waals surface area contributed by atoms with Gasteiger partial charge in [0.2, 0.25) is 0 Å². The minimum Gasteiger partial charge on any atom is -0.372 e. The maximum atomic E-state index is 12.5. The van der Waals surface area contributed by atoms with Crippen molar-refractivity contribution in [1.29, 1.82) is 0 Å². The second-order valence-electron chi connectivity index (χ2n) is 8.20. The molecule has 0 aliphatic heterocycles. The van der Waals surface area contributed by atoms with E-state index in [1.807, 2.05) is 67.6 Å². The van der Waals surface area contributed by atoms with Gasteiger partial charge in [0, 0.05) is 16.9 Å². The molecule has 2 aromatic carbocycles. The fourth-order valence-electron chi connectivity index (χ4n) is 3.32. The van der Waals surface area contributed by atoms with Gasteiger partial charge in [0.15, 0.2) is 5.78 Å². The van der Waals surface area contributed by atoms with E-state index < -0.39 is 7.60 Å². The van der Waals surface area contributed by atoms with Crippen LogP contribution in [0.4, 0.5) is 0 Å². The highest BCUT2D eigenvalue weighted by molar-refractivity contribution is 7.57. The average Bonchev–Trinajstić information content (AvgIpc) is 2.85. The monoisotopic (exact) mass is 496 g/mol. The molecular weight excluding hydrogens is 459 g/mol. The third kappa shape index (κ3) is 10.7. The Morgan fingerprint density at radius 3 is 2.14 bits per heavy atom. The lowest BCUT2D eigenvalue weighted by atomic mass is 10.0. The van der Waals surface area contributed by atoms with Gasteiger partial charge in [-0.15, -0.1) is 0 Å². The van der Waals surface area contributed by atoms with E-state index in [9.17, 15) is 9.36 Å². The summed E-state index contributed by atoms with van der Waals surface area (Å²) in [6, 6.07) is 16.9. The lowest BCUT2D eigenvalue weighted by Gasteiger charge is -2.12. The van der Waals surface area contributed by atoms with Crippen LogP contribution in [-0.2, 0) is 25.0 Å². The van der Waals surface area contributed by atoms with Gasteiger partial charge in [0.1, 0.15) is 0 Å². The number of ether oxygens (including phenoxy) is 1. The molecule has 0 saturated carbocycles. The normalized spacial score (nSPS) is 12.9. The zero-order chi connectivity index (χ0) is 25.5. The van der Waals surface area contributed by atoms with Crippen LogP contribution >= 0.6 is 7.60 Å². The first-order valence-corrected chi connectivity index (χ1v) is 13.6. The molecule has 0 aromatic heterocycles. The van der Waals surface area contributed by atoms with Crippen LogP contribution in [0.3, 0.4) is 0 Å². The van der Waals surface area contributed by atoms with E-state index in [-0.39, 0.29) is 5.78 Å². The first kappa shape index (κ1) is 28.7. The van der Waals surface area contributed by atoms with Crippen molar-refractivity contribution in [2.24, 2.45) is 0 Å². The van der Waals surface area contributed by atoms with Crippen LogP contribution in [0, 0.1) is 0 Å². The van der Waals surface area contributed by atoms with Crippen molar-refractivity contribution in [3.8, 4) is 0 Å². The molecule has 2 aromatic rings. The number of hydrogen-bond donors (Lipinski definition) is 0. The molecule has 0 fully saturated rings. The van der Waals surface area contributed by atoms with Crippen LogP contribution in [0.25, 0.3) is 0 Å². The van der Waals surface area contributed by atoms with Crippen LogP contribution in [0.15, 0.2) is 89.8 Å². The number of benzene rings is 2. The molecule has 2 rings (SSSR count). The molecule has 35 heavy (non-hydrogen) atoms. The number of ketones is 1. The summed E-state index contributed by atoms with van der Waals surface area (Å²) in [7, 11) is -3.15. The van der Waals surface area contributed by atoms with Gasteiger partial charge < -0.3 is 13.8 Å². The third-order valence-electron chi connectivity index (χ3n) is 5.15. The van der Waals surface area contributed by atoms with Gasteiger partial charge in [0.25, 0.3) is 0 Å². The highest BCUT2D eigenvalue weighted by atomic mass is 31.2. The first-order valence-electron chi connectivity index (χ1n) is 12.0. The summed E-state index contributed by atoms with van der Waals surface area (Å²) in [5.41, 5.74) is 4.74. The number of rotatable bonds is 15. The smallest absolute Gasteiger partial charge is 0.354 e. The molecule has 0 bridgehead atoms. The molecule has 0 N–H and O–H groups in total. The minimum absolute atomic E-state index is 0.0225. The lowest BCUT2D eigenvalue weighted by Crippen LogP contribution is -2.02. The van der Waals surface area contributed by atoms with Crippen LogP contribution in [0.5, 0.6) is 0 Å². The zero-order valence-electron chi connectivity index (χ0n) is 21.2. The van der Waals surface area contributed by atoms with Gasteiger partial charge >= 0.3 is 7.60 Å². The average molecular weight is 497 g/mol. The SMILES string of the molecule is CCOP(=O)(/C=C/C=C(\C)CC/C=C(\C)COCc1ccc(C(=O)c2ccccc2)cc1)OCC. The molecule has 0 aliphatic rings. The van der Waals surface area contributed by atoms with Crippen molar-refractivity contribution in [2.75, 3.05) is 19.8 Å². The minimum atomic E-state index is -3.15. The molecule has 6 heteroatoms. The molecule has 0 atom stereocenters. The van der Waals surface area contributed by atoms with Crippen molar-refractivity contribution in [2.45, 2.75) is 47.1 Å². The molecule has 0 saturated heterocycles. The van der Waals surface area contributed by atoms with Gasteiger partial charge in [-0.1, -0.05) is 84.0 Å². The van der Waals surface area contributed by atoms with Gasteiger partial charge in [-0.05, 0) is 46.1 Å². The van der Waals surface area contributed by atoms with Gasteiger partial charge in [0.05, 0.1) is 26.4 Å². The fourth-order valence-corrected chi connectivity index (χ4v) is 4.59. The molecule has 0 radical (unpaired) electrons. The highest BCUT2D eigenvalue weighted by Gasteiger charge is 2.18. The van der Waals surface area contributed by atoms with Crippen molar-refractivity contribution < 1.29 is 23.1 Å². The van der Waals surface area contributed by atoms with E-state index in [4.69, 9.17) is 13.8 Å². The zero-order valence-corrected chi connectivity index (χ0v) is 22.1. The van der Waals surface area contributed by atoms with E-state index in [1.54, 1.807) is 19.9 Å². The predicted molar refractivity (Wildman–Crippen MR) is 143 cm³/mol. The Hall–Kier alpha value is -2.56. The quantitative estimate of drug-likeness (QED) is 0.109. The molecule has 188 valence electrons. The summed E-state index contributed by atoms with van der Waals surface area (Å²) in [6.45, 7) is 9.43. The topological polar surface area (TPSA) is 61.8 Å². The van der Waals surface area contributed by atoms with E-state index in [0.29, 0.717) is 37.6 Å². The Morgan fingerprint density at radius 1 is 0.886 bits per heavy atom. The molecule has 0 heterocycles. The first-order chi connectivity index (χ1) is 16.9. The molecule has 0 unspecified atom stereocenters. The second kappa shape index (κ2) is 15.4. The highest BCUT2D eigenvalue weighted by Crippen LogP contribution is 2.49. The van der Waals surface area contributed by atoms with Crippen LogP contribution in [-0.4, -0.2) is 25.6 Å². The predicted octanol–water partition coefficient (Wildman–Crippen LogP) is 7.89. The van der Waals surface area contributed by atoms with Crippen LogP contribution < -0.4 is 0 Å². The third-order valence-corrected chi connectivity index (χ3v) is 6.92. The molecular formula is C29H37O5P. The fraction of sp³-hybridized carbons (Fsp3) is 0.345. The summed E-state index contributed by atoms with van der Waals surface area (Å²) in [4.78, 5) is 12.5. The summed E-state index contributed by atoms with van der Waals surface area (Å²) in [5, 5.41) is 0. The van der Waals surface area contributed by atoms with Gasteiger partial charge in [-0.25, -0.2) is 0 Å². The van der Waals surface area contributed by atoms with Crippen molar-refractivity contribution in [1.82, 2.24) is 0 Å². The Balaban J connectivity index is 1.74. The van der Waals surface area contributed by atoms with Crippen LogP contribution in [0.2, 0.25) is 0 Å². The van der Waals surface area contributed by atoms with Gasteiger partial charge in [-0.3, -0.25) is 9.36 Å². The number of carbonyl (C=O) groups is 1. The Morgan fingerprint density at radius 2 is 1.51 bits per heavy atom. The maximum absolute atomic E-state index is 12.5. The number of hydrogen-bond acceptors (Lipinski definition) is 5. The molecule has 0 aliphatic carbocycles. The molecule has 0 amide bonds. The molecule has 0 spiro atoms. The van der Waals surface area contributed by atoms with Crippen molar-refractivity contribution in [3.63, 3.8) is 0 Å². The standard InChI is InChI=1S/C29H37O5P/c1-5-33-35(31,34-6-2)21-11-14-24(3)12-10-13-25(4)22-32-23-26-17-19-28(20-18-26)29(30)27-15-8-7-9-16-27/h7-9,11,13-21H,5-6,10,12,22-23H2,1-4H3/b21-11+,24-14+,25-13+. The number of allylic oxidation sites excluding steroid dienone is 4. The van der Waals surface area contributed by atoms with Crippen molar-refractivity contribution in [3.05, 3.63) is 106 Å². The van der Waals surface area contributed by atoms with E-state index in [2.05, 4.69) is 13.0 Å². The summed E-state index contributed by atoms with van der Waals surface area (Å²) in [5.74, 6) is 1.54. The largest absolute Gasteiger partial charge is 0.372 e. The lowest BCUT2D eigenvalue weighted by molar-refractivity contribution is 0.103. The Kier molecular flexibility index (Phi) is 12.6. The van der Waals surface area contributed by atoms with E-state index >= 15 is 0 Å². The van der Waals surface area contributed by atoms with Crippen LogP contribution in [0.1, 0.15) is 62.0 Å². The second-order valence-corrected chi connectivity index (χ2v) is 10.1. The Bertz CT molecular complexity index is 1040. The van der Waals surface area contributed by atoms with E-state index in [0.717, 1.165) is 18.4 Å². The summed E-state index contributed by atoms with van der Waals surface area (Å²) < 4.78 is 28.7. The number of carbonyl (C=O) groups excluding carboxylic acids is 1. The van der Waals surface area contributed by atoms with E-state index in [1.165, 1.54) is 17.0 Å². The summed E-state index contributed by atoms with van der Waals surface area (Å²) in [6.07, 6.45) is 7.66. The Labute approximate surface area is 210 Å². The molecule has 5 nitrogen and oxygen atoms in total. The van der Waals surface area contributed by atoms with Crippen molar-refractivity contribution >= 4 is 13.4 Å². The summed E-state index contributed by atoms with van der Waals surface area (Å²) >= 11 is 0. The van der Waals surface area contributed by atoms with Gasteiger partial charge in [-0.2, -0.15) is 0 Å². The maximum Gasteiger partial charge on any atom is 0.354 e.